The third-order valence-electron chi connectivity index (χ3n) is 11.5. The smallest absolute Gasteiger partial charge is 0.250 e. The number of hydrogen-bond acceptors (Lipinski definition) is 8. The number of hydrogen-bond donors (Lipinski definition) is 2. The van der Waals surface area contributed by atoms with Crippen LogP contribution in [-0.2, 0) is 16.0 Å². The zero-order valence-corrected chi connectivity index (χ0v) is 34.6. The number of nitrogens with one attached hydrogen (secondary N) is 1. The largest absolute Gasteiger partial charge is 0.378 e. The van der Waals surface area contributed by atoms with Crippen LogP contribution in [0.3, 0.4) is 0 Å². The lowest BCUT2D eigenvalue weighted by molar-refractivity contribution is -0.137. The van der Waals surface area contributed by atoms with Gasteiger partial charge in [0.1, 0.15) is 22.3 Å². The molecule has 2 aliphatic rings. The molecule has 8 rings (SSSR count). The van der Waals surface area contributed by atoms with Gasteiger partial charge in [-0.15, -0.1) is 22.7 Å². The van der Waals surface area contributed by atoms with Gasteiger partial charge in [-0.3, -0.25) is 14.5 Å². The fourth-order valence-electron chi connectivity index (χ4n) is 8.31. The van der Waals surface area contributed by atoms with Crippen LogP contribution in [0, 0.1) is 0 Å². The van der Waals surface area contributed by atoms with Crippen molar-refractivity contribution in [3.63, 3.8) is 0 Å². The van der Waals surface area contributed by atoms with E-state index >= 15 is 0 Å². The Hall–Kier alpha value is -5.00. The Morgan fingerprint density at radius 2 is 1.28 bits per heavy atom. The van der Waals surface area contributed by atoms with E-state index in [1.807, 2.05) is 65.8 Å². The molecule has 0 bridgehead atoms. The topological polar surface area (TPSA) is 98.7 Å². The van der Waals surface area contributed by atoms with Crippen LogP contribution in [0.1, 0.15) is 97.6 Å². The predicted octanol–water partition coefficient (Wildman–Crippen LogP) is 10.4. The summed E-state index contributed by atoms with van der Waals surface area (Å²) in [5.41, 5.74) is 6.45. The van der Waals surface area contributed by atoms with E-state index in [0.29, 0.717) is 19.4 Å². The molecule has 2 amide bonds. The molecule has 4 aromatic carbocycles. The van der Waals surface area contributed by atoms with Crippen LogP contribution >= 0.6 is 22.7 Å². The number of aromatic nitrogens is 2. The number of amides is 2. The third kappa shape index (κ3) is 9.16. The van der Waals surface area contributed by atoms with Crippen LogP contribution in [0.15, 0.2) is 122 Å². The summed E-state index contributed by atoms with van der Waals surface area (Å²) < 4.78 is 0. The van der Waals surface area contributed by atoms with Crippen molar-refractivity contribution in [2.75, 3.05) is 13.1 Å². The highest BCUT2D eigenvalue weighted by molar-refractivity contribution is 7.15. The second kappa shape index (κ2) is 18.7. The molecule has 0 saturated carbocycles. The van der Waals surface area contributed by atoms with E-state index in [1.165, 1.54) is 0 Å². The van der Waals surface area contributed by atoms with Crippen molar-refractivity contribution in [2.45, 2.75) is 89.1 Å². The highest BCUT2D eigenvalue weighted by Gasteiger charge is 2.37. The van der Waals surface area contributed by atoms with E-state index in [9.17, 15) is 14.7 Å². The number of thiazole rings is 2. The lowest BCUT2D eigenvalue weighted by Crippen LogP contribution is -2.42. The summed E-state index contributed by atoms with van der Waals surface area (Å²) >= 11 is 3.36. The van der Waals surface area contributed by atoms with Crippen LogP contribution in [0.2, 0.25) is 0 Å². The number of rotatable bonds is 15. The molecule has 1 unspecified atom stereocenters. The number of carbonyl (C=O) groups excluding carboxylic acids is 2. The zero-order chi connectivity index (χ0) is 39.8. The summed E-state index contributed by atoms with van der Waals surface area (Å²) in [5, 5.41) is 16.2. The molecule has 2 N–H and O–H groups in total. The quantitative estimate of drug-likeness (QED) is 0.100. The Labute approximate surface area is 349 Å². The van der Waals surface area contributed by atoms with Gasteiger partial charge < -0.3 is 15.3 Å². The van der Waals surface area contributed by atoms with E-state index in [4.69, 9.17) is 9.97 Å². The van der Waals surface area contributed by atoms with Gasteiger partial charge in [0, 0.05) is 38.3 Å². The number of unbranched alkanes of at least 4 members (excludes halogenated alkanes) is 2. The van der Waals surface area contributed by atoms with Gasteiger partial charge in [-0.05, 0) is 65.5 Å². The lowest BCUT2D eigenvalue weighted by atomic mass is 10.0. The van der Waals surface area contributed by atoms with Crippen LogP contribution < -0.4 is 5.32 Å². The lowest BCUT2D eigenvalue weighted by Gasteiger charge is -2.28. The predicted molar refractivity (Wildman–Crippen MR) is 234 cm³/mol. The average Bonchev–Trinajstić information content (AvgIpc) is 4.11. The fraction of sp³-hybridized carbons (Fsp3) is 0.333. The molecule has 4 heterocycles. The van der Waals surface area contributed by atoms with E-state index < -0.39 is 12.3 Å². The Morgan fingerprint density at radius 3 is 1.90 bits per heavy atom. The van der Waals surface area contributed by atoms with Crippen molar-refractivity contribution < 1.29 is 14.7 Å². The molecule has 2 aliphatic heterocycles. The molecular formula is C48H51N5O3S2. The maximum atomic E-state index is 14.2. The molecule has 58 heavy (non-hydrogen) atoms. The Balaban J connectivity index is 0.910. The van der Waals surface area contributed by atoms with Gasteiger partial charge in [-0.2, -0.15) is 0 Å². The number of nitrogens with zero attached hydrogens (tertiary/aromatic N) is 4. The summed E-state index contributed by atoms with van der Waals surface area (Å²) in [6, 6.07) is 36.4. The molecular weight excluding hydrogens is 759 g/mol. The van der Waals surface area contributed by atoms with Crippen LogP contribution in [0.4, 0.5) is 0 Å². The fourth-order valence-corrected chi connectivity index (χ4v) is 10.5. The maximum absolute atomic E-state index is 14.2. The van der Waals surface area contributed by atoms with Crippen molar-refractivity contribution in [1.82, 2.24) is 25.1 Å². The van der Waals surface area contributed by atoms with Gasteiger partial charge in [0.25, 0.3) is 0 Å². The maximum Gasteiger partial charge on any atom is 0.250 e. The van der Waals surface area contributed by atoms with Gasteiger partial charge in [-0.1, -0.05) is 129 Å². The van der Waals surface area contributed by atoms with Crippen molar-refractivity contribution >= 4 is 34.5 Å². The molecule has 10 heteroatoms. The molecule has 8 nitrogen and oxygen atoms in total. The van der Waals surface area contributed by atoms with Gasteiger partial charge in [0.2, 0.25) is 11.8 Å². The highest BCUT2D eigenvalue weighted by Crippen LogP contribution is 2.41. The van der Waals surface area contributed by atoms with E-state index in [0.717, 1.165) is 105 Å². The molecule has 6 aromatic rings. The minimum absolute atomic E-state index is 0.0738. The first-order chi connectivity index (χ1) is 28.4. The molecule has 0 spiro atoms. The first-order valence-electron chi connectivity index (χ1n) is 20.7. The van der Waals surface area contributed by atoms with Crippen molar-refractivity contribution in [2.24, 2.45) is 0 Å². The van der Waals surface area contributed by atoms with Crippen molar-refractivity contribution in [3.05, 3.63) is 143 Å². The zero-order valence-electron chi connectivity index (χ0n) is 33.0. The molecule has 298 valence electrons. The molecule has 4 atom stereocenters. The minimum atomic E-state index is -0.718. The molecule has 0 aliphatic carbocycles. The second-order valence-corrected chi connectivity index (χ2v) is 17.5. The summed E-state index contributed by atoms with van der Waals surface area (Å²) in [7, 11) is 0. The van der Waals surface area contributed by atoms with E-state index in [1.54, 1.807) is 22.7 Å². The Bertz CT molecular complexity index is 2260. The normalized spacial score (nSPS) is 18.0. The molecule has 0 radical (unpaired) electrons. The monoisotopic (exact) mass is 809 g/mol. The summed E-state index contributed by atoms with van der Waals surface area (Å²) in [6.45, 7) is 3.64. The van der Waals surface area contributed by atoms with Crippen molar-refractivity contribution in [1.29, 1.82) is 0 Å². The summed E-state index contributed by atoms with van der Waals surface area (Å²) in [5.74, 6) is -0.158. The number of likely N-dealkylation sites (tertiary alicyclic amines) is 2. The van der Waals surface area contributed by atoms with Crippen LogP contribution in [0.5, 0.6) is 0 Å². The van der Waals surface area contributed by atoms with E-state index in [-0.39, 0.29) is 23.9 Å². The molecule has 2 fully saturated rings. The van der Waals surface area contributed by atoms with Gasteiger partial charge in [0.15, 0.2) is 0 Å². The average molecular weight is 810 g/mol. The Morgan fingerprint density at radius 1 is 0.724 bits per heavy atom. The first-order valence-corrected chi connectivity index (χ1v) is 22.3. The van der Waals surface area contributed by atoms with Crippen LogP contribution in [-0.4, -0.2) is 56.0 Å². The number of aliphatic hydroxyl groups is 1. The van der Waals surface area contributed by atoms with Crippen LogP contribution in [0.25, 0.3) is 32.0 Å². The third-order valence-corrected chi connectivity index (χ3v) is 13.8. The summed E-state index contributed by atoms with van der Waals surface area (Å²) in [6.07, 6.45) is 11.1. The number of aliphatic hydroxyl groups excluding tert-OH is 1. The standard InChI is InChI=1S/C48H51N5O3S2/c1-2-3-6-19-43(54)51-45(38-15-9-5-10-16-38)48(56)53-29-12-18-40(53)47-50-32-42(58-47)37-26-22-35(23-27-37)34-20-24-36(25-21-34)41-31-49-46(57-41)39-17-11-28-52(39)44(55)30-33-13-7-4-8-14-33/h4-5,7-10,13-16,20-27,31-32,39-40,44-45,55H,2-3,6,11-12,17-19,28-30H2,1H3,(H,51,54)/t39-,40-,44?,45-/m0/s1. The van der Waals surface area contributed by atoms with Gasteiger partial charge >= 0.3 is 0 Å². The summed E-state index contributed by atoms with van der Waals surface area (Å²) in [4.78, 5) is 43.1. The Kier molecular flexibility index (Phi) is 12.8. The van der Waals surface area contributed by atoms with Gasteiger partial charge in [0.05, 0.1) is 21.8 Å². The molecule has 2 aromatic heterocycles. The van der Waals surface area contributed by atoms with Crippen molar-refractivity contribution in [3.8, 4) is 32.0 Å². The SMILES string of the molecule is CCCCCC(=O)N[C@H](C(=O)N1CCC[C@H]1c1ncc(-c2ccc(-c3ccc(-c4cnc([C@@H]5CCCN5C(O)Cc5ccccc5)s4)cc3)cc2)s1)c1ccccc1. The number of benzene rings is 4. The highest BCUT2D eigenvalue weighted by atomic mass is 32.1. The minimum Gasteiger partial charge on any atom is -0.378 e. The van der Waals surface area contributed by atoms with Gasteiger partial charge in [-0.25, -0.2) is 9.97 Å². The number of carbonyl (C=O) groups is 2. The van der Waals surface area contributed by atoms with E-state index in [2.05, 4.69) is 77.8 Å². The first kappa shape index (κ1) is 39.8. The molecule has 2 saturated heterocycles. The second-order valence-electron chi connectivity index (χ2n) is 15.4.